The molecule has 1 aliphatic heterocycles. The summed E-state index contributed by atoms with van der Waals surface area (Å²) in [4.78, 5) is -0.757. The van der Waals surface area contributed by atoms with E-state index in [0.29, 0.717) is 0 Å². The maximum Gasteiger partial charge on any atom is 0.246 e. The van der Waals surface area contributed by atoms with Gasteiger partial charge in [-0.25, -0.2) is 25.6 Å². The van der Waals surface area contributed by atoms with E-state index in [0.717, 1.165) is 16.4 Å². The molecule has 1 unspecified atom stereocenters. The van der Waals surface area contributed by atoms with Gasteiger partial charge in [0.2, 0.25) is 10.0 Å². The molecule has 1 atom stereocenters. The normalized spacial score (nSPS) is 23.1. The van der Waals surface area contributed by atoms with Crippen LogP contribution in [0.4, 0.5) is 14.5 Å². The van der Waals surface area contributed by atoms with E-state index in [9.17, 15) is 25.6 Å². The van der Waals surface area contributed by atoms with Crippen LogP contribution < -0.4 is 5.73 Å². The van der Waals surface area contributed by atoms with Gasteiger partial charge in [-0.05, 0) is 19.1 Å². The lowest BCUT2D eigenvalue weighted by atomic mass is 10.3. The fourth-order valence-electron chi connectivity index (χ4n) is 2.22. The minimum absolute atomic E-state index is 0.275. The second kappa shape index (κ2) is 5.18. The van der Waals surface area contributed by atoms with E-state index >= 15 is 0 Å². The molecule has 1 saturated heterocycles. The van der Waals surface area contributed by atoms with Crippen LogP contribution in [0.1, 0.15) is 6.92 Å². The number of sulfone groups is 1. The zero-order valence-corrected chi connectivity index (χ0v) is 12.7. The van der Waals surface area contributed by atoms with Crippen LogP contribution in [0, 0.1) is 11.6 Å². The van der Waals surface area contributed by atoms with Crippen molar-refractivity contribution in [3.8, 4) is 0 Å². The Morgan fingerprint density at radius 1 is 1.33 bits per heavy atom. The zero-order chi connectivity index (χ0) is 16.0. The molecule has 118 valence electrons. The van der Waals surface area contributed by atoms with Crippen molar-refractivity contribution in [2.45, 2.75) is 17.9 Å². The van der Waals surface area contributed by atoms with Crippen LogP contribution in [-0.4, -0.2) is 45.2 Å². The summed E-state index contributed by atoms with van der Waals surface area (Å²) < 4.78 is 75.7. The molecule has 0 amide bonds. The average molecular weight is 340 g/mol. The Balaban J connectivity index is 2.47. The highest BCUT2D eigenvalue weighted by molar-refractivity contribution is 7.92. The molecule has 1 aliphatic rings. The lowest BCUT2D eigenvalue weighted by Crippen LogP contribution is -2.49. The standard InChI is InChI=1S/C11H14F2N2O4S2/c1-7-6-20(16,17)5-4-15(7)21(18,19)9-3-2-8(12)11(14)10(9)13/h2-3,7H,4-6,14H2,1H3. The minimum atomic E-state index is -4.28. The van der Waals surface area contributed by atoms with E-state index in [1.807, 2.05) is 0 Å². The van der Waals surface area contributed by atoms with Crippen molar-refractivity contribution in [3.63, 3.8) is 0 Å². The fraction of sp³-hybridized carbons (Fsp3) is 0.455. The Morgan fingerprint density at radius 2 is 1.95 bits per heavy atom. The first-order valence-corrected chi connectivity index (χ1v) is 9.28. The first-order valence-electron chi connectivity index (χ1n) is 6.02. The summed E-state index contributed by atoms with van der Waals surface area (Å²) in [7, 11) is -7.60. The van der Waals surface area contributed by atoms with E-state index in [1.165, 1.54) is 6.92 Å². The predicted octanol–water partition coefficient (Wildman–Crippen LogP) is 0.355. The molecule has 2 N–H and O–H groups in total. The molecule has 6 nitrogen and oxygen atoms in total. The first kappa shape index (κ1) is 16.1. The van der Waals surface area contributed by atoms with Gasteiger partial charge < -0.3 is 5.73 Å². The van der Waals surface area contributed by atoms with Crippen molar-refractivity contribution in [1.82, 2.24) is 4.31 Å². The van der Waals surface area contributed by atoms with Gasteiger partial charge in [0.15, 0.2) is 15.7 Å². The van der Waals surface area contributed by atoms with Crippen molar-refractivity contribution in [2.75, 3.05) is 23.8 Å². The topological polar surface area (TPSA) is 97.5 Å². The molecule has 1 aromatic rings. The predicted molar refractivity (Wildman–Crippen MR) is 72.8 cm³/mol. The lowest BCUT2D eigenvalue weighted by Gasteiger charge is -2.32. The van der Waals surface area contributed by atoms with Gasteiger partial charge in [0, 0.05) is 12.6 Å². The molecule has 0 radical (unpaired) electrons. The van der Waals surface area contributed by atoms with Gasteiger partial charge in [0.25, 0.3) is 0 Å². The Labute approximate surface area is 121 Å². The van der Waals surface area contributed by atoms with Crippen LogP contribution in [0.2, 0.25) is 0 Å². The third-order valence-electron chi connectivity index (χ3n) is 3.29. The lowest BCUT2D eigenvalue weighted by molar-refractivity contribution is 0.355. The second-order valence-electron chi connectivity index (χ2n) is 4.85. The third kappa shape index (κ3) is 2.87. The molecule has 21 heavy (non-hydrogen) atoms. The number of halogens is 2. The van der Waals surface area contributed by atoms with E-state index < -0.39 is 48.1 Å². The quantitative estimate of drug-likeness (QED) is 0.784. The highest BCUT2D eigenvalue weighted by Gasteiger charge is 2.38. The van der Waals surface area contributed by atoms with Crippen LogP contribution >= 0.6 is 0 Å². The Bertz CT molecular complexity index is 778. The summed E-state index contributed by atoms with van der Waals surface area (Å²) in [6.45, 7) is 1.14. The van der Waals surface area contributed by atoms with Crippen molar-refractivity contribution < 1.29 is 25.6 Å². The van der Waals surface area contributed by atoms with Crippen LogP contribution in [-0.2, 0) is 19.9 Å². The average Bonchev–Trinajstić information content (AvgIpc) is 2.34. The van der Waals surface area contributed by atoms with Crippen LogP contribution in [0.3, 0.4) is 0 Å². The summed E-state index contributed by atoms with van der Waals surface area (Å²) in [6, 6.07) is 0.711. The molecule has 0 bridgehead atoms. The highest BCUT2D eigenvalue weighted by Crippen LogP contribution is 2.28. The maximum atomic E-state index is 13.9. The third-order valence-corrected chi connectivity index (χ3v) is 7.11. The summed E-state index contributed by atoms with van der Waals surface area (Å²) >= 11 is 0. The number of anilines is 1. The van der Waals surface area contributed by atoms with Gasteiger partial charge in [0.05, 0.1) is 11.5 Å². The van der Waals surface area contributed by atoms with Gasteiger partial charge >= 0.3 is 0 Å². The van der Waals surface area contributed by atoms with Crippen molar-refractivity contribution in [2.24, 2.45) is 0 Å². The number of nitrogens with zero attached hydrogens (tertiary/aromatic N) is 1. The van der Waals surface area contributed by atoms with Crippen molar-refractivity contribution in [3.05, 3.63) is 23.8 Å². The largest absolute Gasteiger partial charge is 0.394 e. The smallest absolute Gasteiger partial charge is 0.246 e. The maximum absolute atomic E-state index is 13.9. The molecule has 0 saturated carbocycles. The van der Waals surface area contributed by atoms with E-state index in [4.69, 9.17) is 5.73 Å². The van der Waals surface area contributed by atoms with Gasteiger partial charge in [0.1, 0.15) is 16.4 Å². The van der Waals surface area contributed by atoms with E-state index in [-0.39, 0.29) is 18.1 Å². The highest BCUT2D eigenvalue weighted by atomic mass is 32.2. The summed E-state index contributed by atoms with van der Waals surface area (Å²) in [5, 5.41) is 0. The van der Waals surface area contributed by atoms with Crippen molar-refractivity contribution >= 4 is 25.5 Å². The van der Waals surface area contributed by atoms with E-state index in [1.54, 1.807) is 0 Å². The first-order chi connectivity index (χ1) is 9.56. The minimum Gasteiger partial charge on any atom is -0.394 e. The molecular weight excluding hydrogens is 326 g/mol. The zero-order valence-electron chi connectivity index (χ0n) is 11.1. The molecule has 1 aromatic carbocycles. The molecule has 2 rings (SSSR count). The number of sulfonamides is 1. The summed E-state index contributed by atoms with van der Waals surface area (Å²) in [5.74, 6) is -3.10. The van der Waals surface area contributed by atoms with Crippen LogP contribution in [0.15, 0.2) is 17.0 Å². The van der Waals surface area contributed by atoms with Gasteiger partial charge in [-0.3, -0.25) is 0 Å². The van der Waals surface area contributed by atoms with Crippen LogP contribution in [0.5, 0.6) is 0 Å². The molecule has 0 aromatic heterocycles. The monoisotopic (exact) mass is 340 g/mol. The molecule has 0 spiro atoms. The fourth-order valence-corrected chi connectivity index (χ4v) is 5.69. The van der Waals surface area contributed by atoms with Gasteiger partial charge in [-0.2, -0.15) is 4.31 Å². The Morgan fingerprint density at radius 3 is 2.52 bits per heavy atom. The number of nitrogens with two attached hydrogens (primary N) is 1. The number of hydrogen-bond donors (Lipinski definition) is 1. The Hall–Kier alpha value is -1.26. The summed E-state index contributed by atoms with van der Waals surface area (Å²) in [6.07, 6.45) is 0. The molecule has 10 heteroatoms. The second-order valence-corrected chi connectivity index (χ2v) is 8.94. The number of benzene rings is 1. The Kier molecular flexibility index (Phi) is 3.98. The molecule has 0 aliphatic carbocycles. The summed E-state index contributed by atoms with van der Waals surface area (Å²) in [5.41, 5.74) is 4.28. The SMILES string of the molecule is CC1CS(=O)(=O)CCN1S(=O)(=O)c1ccc(F)c(N)c1F. The molecule has 1 fully saturated rings. The number of hydrogen-bond acceptors (Lipinski definition) is 5. The van der Waals surface area contributed by atoms with Crippen LogP contribution in [0.25, 0.3) is 0 Å². The number of rotatable bonds is 2. The van der Waals surface area contributed by atoms with Gasteiger partial charge in [-0.15, -0.1) is 0 Å². The molecular formula is C11H14F2N2O4S2. The van der Waals surface area contributed by atoms with E-state index in [2.05, 4.69) is 0 Å². The molecule has 1 heterocycles. The number of nitrogen functional groups attached to an aromatic ring is 1. The van der Waals surface area contributed by atoms with Gasteiger partial charge in [-0.1, -0.05) is 0 Å². The van der Waals surface area contributed by atoms with Crippen molar-refractivity contribution in [1.29, 1.82) is 0 Å².